The molecule has 1 aromatic heterocycles. The first-order chi connectivity index (χ1) is 9.22. The molecule has 108 valence electrons. The summed E-state index contributed by atoms with van der Waals surface area (Å²) in [7, 11) is 1.99. The van der Waals surface area contributed by atoms with Gasteiger partial charge in [0.05, 0.1) is 5.69 Å². The third kappa shape index (κ3) is 3.36. The third-order valence-electron chi connectivity index (χ3n) is 3.95. The lowest BCUT2D eigenvalue weighted by Crippen LogP contribution is -2.29. The summed E-state index contributed by atoms with van der Waals surface area (Å²) >= 11 is 1.84. The number of rotatable bonds is 5. The number of thiazole rings is 1. The smallest absolute Gasteiger partial charge is 0.125 e. The molecule has 19 heavy (non-hydrogen) atoms. The molecule has 0 radical (unpaired) electrons. The first-order valence-corrected chi connectivity index (χ1v) is 8.29. The van der Waals surface area contributed by atoms with Crippen LogP contribution in [0.2, 0.25) is 0 Å². The second-order valence-electron chi connectivity index (χ2n) is 5.40. The van der Waals surface area contributed by atoms with Gasteiger partial charge in [-0.15, -0.1) is 11.3 Å². The Morgan fingerprint density at radius 1 is 1.26 bits per heavy atom. The molecule has 1 fully saturated rings. The Bertz CT molecular complexity index is 395. The van der Waals surface area contributed by atoms with Crippen molar-refractivity contribution in [2.45, 2.75) is 64.5 Å². The lowest BCUT2D eigenvalue weighted by atomic mass is 9.95. The van der Waals surface area contributed by atoms with Crippen molar-refractivity contribution >= 4 is 11.3 Å². The maximum atomic E-state index is 6.21. The highest BCUT2D eigenvalue weighted by Gasteiger charge is 2.36. The number of nitrogens with one attached hydrogen (secondary N) is 1. The van der Waals surface area contributed by atoms with Crippen LogP contribution in [0.1, 0.15) is 61.0 Å². The number of nitrogens with zero attached hydrogens (tertiary/aromatic N) is 1. The Morgan fingerprint density at radius 2 is 1.95 bits per heavy atom. The SMILES string of the molecule is CCOC1(c2nc(C)c(CNC)s2)CCCCCC1. The number of hydrogen-bond donors (Lipinski definition) is 1. The van der Waals surface area contributed by atoms with Gasteiger partial charge in [0.25, 0.3) is 0 Å². The van der Waals surface area contributed by atoms with Crippen LogP contribution in [0.15, 0.2) is 0 Å². The van der Waals surface area contributed by atoms with Crippen LogP contribution in [0.4, 0.5) is 0 Å². The van der Waals surface area contributed by atoms with E-state index in [-0.39, 0.29) is 5.60 Å². The summed E-state index contributed by atoms with van der Waals surface area (Å²) in [6.45, 7) is 5.90. The molecular weight excluding hydrogens is 256 g/mol. The third-order valence-corrected chi connectivity index (χ3v) is 5.29. The molecule has 0 amide bonds. The van der Waals surface area contributed by atoms with Crippen molar-refractivity contribution in [3.8, 4) is 0 Å². The Labute approximate surface area is 120 Å². The zero-order chi connectivity index (χ0) is 13.7. The van der Waals surface area contributed by atoms with E-state index in [1.165, 1.54) is 35.6 Å². The minimum Gasteiger partial charge on any atom is -0.368 e. The van der Waals surface area contributed by atoms with Crippen molar-refractivity contribution in [2.75, 3.05) is 13.7 Å². The van der Waals surface area contributed by atoms with E-state index in [1.54, 1.807) is 0 Å². The molecule has 0 atom stereocenters. The maximum Gasteiger partial charge on any atom is 0.125 e. The molecule has 4 heteroatoms. The van der Waals surface area contributed by atoms with Gasteiger partial charge in [-0.1, -0.05) is 25.7 Å². The number of aromatic nitrogens is 1. The van der Waals surface area contributed by atoms with Gasteiger partial charge >= 0.3 is 0 Å². The highest BCUT2D eigenvalue weighted by molar-refractivity contribution is 7.11. The van der Waals surface area contributed by atoms with Crippen LogP contribution in [-0.2, 0) is 16.9 Å². The molecule has 1 heterocycles. The standard InChI is InChI=1S/C15H26N2OS/c1-4-18-15(9-7-5-6-8-10-15)14-17-12(2)13(19-14)11-16-3/h16H,4-11H2,1-3H3. The Morgan fingerprint density at radius 3 is 2.53 bits per heavy atom. The van der Waals surface area contributed by atoms with Gasteiger partial charge in [0.2, 0.25) is 0 Å². The van der Waals surface area contributed by atoms with Crippen LogP contribution >= 0.6 is 11.3 Å². The van der Waals surface area contributed by atoms with Crippen LogP contribution in [-0.4, -0.2) is 18.6 Å². The molecule has 3 nitrogen and oxygen atoms in total. The van der Waals surface area contributed by atoms with Crippen molar-refractivity contribution in [2.24, 2.45) is 0 Å². The monoisotopic (exact) mass is 282 g/mol. The van der Waals surface area contributed by atoms with E-state index < -0.39 is 0 Å². The predicted octanol–water partition coefficient (Wildman–Crippen LogP) is 3.76. The molecule has 2 rings (SSSR count). The van der Waals surface area contributed by atoms with Crippen molar-refractivity contribution in [1.29, 1.82) is 0 Å². The first kappa shape index (κ1) is 14.9. The summed E-state index contributed by atoms with van der Waals surface area (Å²) in [5.74, 6) is 0. The summed E-state index contributed by atoms with van der Waals surface area (Å²) in [4.78, 5) is 6.19. The highest BCUT2D eigenvalue weighted by Crippen LogP contribution is 2.41. The Kier molecular flexibility index (Phi) is 5.37. The fourth-order valence-electron chi connectivity index (χ4n) is 2.94. The van der Waals surface area contributed by atoms with E-state index in [1.807, 2.05) is 18.4 Å². The van der Waals surface area contributed by atoms with Gasteiger partial charge < -0.3 is 10.1 Å². The average molecular weight is 282 g/mol. The quantitative estimate of drug-likeness (QED) is 0.835. The van der Waals surface area contributed by atoms with Crippen LogP contribution in [0.5, 0.6) is 0 Å². The number of hydrogen-bond acceptors (Lipinski definition) is 4. The molecule has 1 saturated carbocycles. The Balaban J connectivity index is 2.29. The lowest BCUT2D eigenvalue weighted by Gasteiger charge is -2.30. The molecule has 1 aliphatic rings. The van der Waals surface area contributed by atoms with E-state index in [9.17, 15) is 0 Å². The van der Waals surface area contributed by atoms with E-state index in [2.05, 4.69) is 19.2 Å². The second-order valence-corrected chi connectivity index (χ2v) is 6.48. The highest BCUT2D eigenvalue weighted by atomic mass is 32.1. The molecule has 0 aromatic carbocycles. The van der Waals surface area contributed by atoms with Gasteiger partial charge in [0, 0.05) is 18.0 Å². The molecule has 0 unspecified atom stereocenters. The Hall–Kier alpha value is -0.450. The van der Waals surface area contributed by atoms with Crippen molar-refractivity contribution in [3.63, 3.8) is 0 Å². The minimum atomic E-state index is -0.104. The number of ether oxygens (including phenoxy) is 1. The van der Waals surface area contributed by atoms with Gasteiger partial charge in [-0.05, 0) is 33.7 Å². The van der Waals surface area contributed by atoms with Crippen LogP contribution in [0, 0.1) is 6.92 Å². The second kappa shape index (κ2) is 6.82. The molecule has 0 aliphatic heterocycles. The van der Waals surface area contributed by atoms with Crippen molar-refractivity contribution in [1.82, 2.24) is 10.3 Å². The molecular formula is C15H26N2OS. The summed E-state index contributed by atoms with van der Waals surface area (Å²) in [5, 5.41) is 4.43. The molecule has 1 N–H and O–H groups in total. The molecule has 1 aromatic rings. The van der Waals surface area contributed by atoms with Crippen molar-refractivity contribution in [3.05, 3.63) is 15.6 Å². The first-order valence-electron chi connectivity index (χ1n) is 7.47. The topological polar surface area (TPSA) is 34.1 Å². The zero-order valence-corrected chi connectivity index (χ0v) is 13.2. The van der Waals surface area contributed by atoms with Gasteiger partial charge in [0.15, 0.2) is 0 Å². The average Bonchev–Trinajstić information content (AvgIpc) is 2.63. The number of aryl methyl sites for hydroxylation is 1. The van der Waals surface area contributed by atoms with Gasteiger partial charge in [-0.25, -0.2) is 4.98 Å². The lowest BCUT2D eigenvalue weighted by molar-refractivity contribution is -0.0560. The minimum absolute atomic E-state index is 0.104. The van der Waals surface area contributed by atoms with Gasteiger partial charge in [0.1, 0.15) is 10.6 Å². The normalized spacial score (nSPS) is 19.3. The predicted molar refractivity (Wildman–Crippen MR) is 80.6 cm³/mol. The zero-order valence-electron chi connectivity index (χ0n) is 12.4. The summed E-state index contributed by atoms with van der Waals surface area (Å²) in [6, 6.07) is 0. The fourth-order valence-corrected chi connectivity index (χ4v) is 4.22. The fraction of sp³-hybridized carbons (Fsp3) is 0.800. The van der Waals surface area contributed by atoms with E-state index in [4.69, 9.17) is 9.72 Å². The van der Waals surface area contributed by atoms with Gasteiger partial charge in [-0.3, -0.25) is 0 Å². The van der Waals surface area contributed by atoms with E-state index in [0.717, 1.165) is 31.7 Å². The van der Waals surface area contributed by atoms with Gasteiger partial charge in [-0.2, -0.15) is 0 Å². The molecule has 0 bridgehead atoms. The van der Waals surface area contributed by atoms with E-state index in [0.29, 0.717) is 0 Å². The van der Waals surface area contributed by atoms with E-state index >= 15 is 0 Å². The summed E-state index contributed by atoms with van der Waals surface area (Å²) in [5.41, 5.74) is 1.06. The largest absolute Gasteiger partial charge is 0.368 e. The van der Waals surface area contributed by atoms with Crippen molar-refractivity contribution < 1.29 is 4.74 Å². The summed E-state index contributed by atoms with van der Waals surface area (Å²) < 4.78 is 6.21. The molecule has 1 aliphatic carbocycles. The van der Waals surface area contributed by atoms with Crippen LogP contribution in [0.25, 0.3) is 0 Å². The van der Waals surface area contributed by atoms with Crippen LogP contribution < -0.4 is 5.32 Å². The molecule has 0 saturated heterocycles. The maximum absolute atomic E-state index is 6.21. The summed E-state index contributed by atoms with van der Waals surface area (Å²) in [6.07, 6.45) is 7.46. The molecule has 0 spiro atoms. The van der Waals surface area contributed by atoms with Crippen LogP contribution in [0.3, 0.4) is 0 Å².